The van der Waals surface area contributed by atoms with E-state index in [2.05, 4.69) is 0 Å². The summed E-state index contributed by atoms with van der Waals surface area (Å²) in [4.78, 5) is 10.4. The Morgan fingerprint density at radius 2 is 1.35 bits per heavy atom. The largest absolute Gasteiger partial charge is 0.416 e. The van der Waals surface area contributed by atoms with Gasteiger partial charge in [-0.3, -0.25) is 4.79 Å². The summed E-state index contributed by atoms with van der Waals surface area (Å²) in [6, 6.07) is 5.65. The van der Waals surface area contributed by atoms with Gasteiger partial charge in [-0.2, -0.15) is 13.2 Å². The monoisotopic (exact) mass is 286 g/mol. The third kappa shape index (κ3) is 2.68. The predicted octanol–water partition coefficient (Wildman–Crippen LogP) is 4.46. The summed E-state index contributed by atoms with van der Waals surface area (Å²) < 4.78 is 64.0. The maximum Gasteiger partial charge on any atom is 0.416 e. The Hall–Kier alpha value is -2.24. The van der Waals surface area contributed by atoms with Crippen LogP contribution in [-0.4, -0.2) is 6.29 Å². The molecule has 1 nitrogen and oxygen atoms in total. The maximum absolute atomic E-state index is 13.4. The molecule has 0 saturated heterocycles. The van der Waals surface area contributed by atoms with Crippen LogP contribution >= 0.6 is 0 Å². The van der Waals surface area contributed by atoms with E-state index < -0.39 is 28.9 Å². The molecule has 2 aromatic carbocycles. The number of hydrogen-bond acceptors (Lipinski definition) is 1. The minimum atomic E-state index is -4.48. The second-order valence-corrected chi connectivity index (χ2v) is 4.05. The molecule has 0 aliphatic heterocycles. The first-order chi connectivity index (χ1) is 9.32. The zero-order chi connectivity index (χ0) is 14.9. The summed E-state index contributed by atoms with van der Waals surface area (Å²) in [5, 5.41) is 0. The van der Waals surface area contributed by atoms with Crippen molar-refractivity contribution < 1.29 is 26.7 Å². The van der Waals surface area contributed by atoms with Gasteiger partial charge in [0, 0.05) is 0 Å². The van der Waals surface area contributed by atoms with Crippen molar-refractivity contribution in [2.75, 3.05) is 0 Å². The van der Waals surface area contributed by atoms with Crippen LogP contribution in [0.2, 0.25) is 0 Å². The molecule has 0 amide bonds. The molecule has 0 aliphatic rings. The standard InChI is InChI=1S/C14H7F5O/c15-12-5-9(6-13(16)11(12)7-20)8-1-3-10(4-2-8)14(17,18)19/h1-7H. The Morgan fingerprint density at radius 3 is 1.75 bits per heavy atom. The molecule has 0 N–H and O–H groups in total. The Morgan fingerprint density at radius 1 is 0.850 bits per heavy atom. The molecule has 0 bridgehead atoms. The van der Waals surface area contributed by atoms with Gasteiger partial charge in [0.2, 0.25) is 0 Å². The number of hydrogen-bond donors (Lipinski definition) is 0. The molecule has 0 saturated carbocycles. The maximum atomic E-state index is 13.4. The number of benzene rings is 2. The van der Waals surface area contributed by atoms with Crippen molar-refractivity contribution in [1.29, 1.82) is 0 Å². The van der Waals surface area contributed by atoms with Gasteiger partial charge in [-0.25, -0.2) is 8.78 Å². The molecule has 2 rings (SSSR count). The van der Waals surface area contributed by atoms with Crippen LogP contribution in [0.25, 0.3) is 11.1 Å². The Kier molecular flexibility index (Phi) is 3.57. The minimum absolute atomic E-state index is 0.0429. The van der Waals surface area contributed by atoms with Crippen molar-refractivity contribution in [3.8, 4) is 11.1 Å². The van der Waals surface area contributed by atoms with Gasteiger partial charge in [-0.15, -0.1) is 0 Å². The highest BCUT2D eigenvalue weighted by molar-refractivity contribution is 5.78. The topological polar surface area (TPSA) is 17.1 Å². The molecular formula is C14H7F5O. The molecule has 0 heterocycles. The van der Waals surface area contributed by atoms with E-state index in [0.717, 1.165) is 36.4 Å². The van der Waals surface area contributed by atoms with Gasteiger partial charge in [0.1, 0.15) is 11.6 Å². The van der Waals surface area contributed by atoms with E-state index >= 15 is 0 Å². The number of rotatable bonds is 2. The lowest BCUT2D eigenvalue weighted by Gasteiger charge is -2.08. The summed E-state index contributed by atoms with van der Waals surface area (Å²) >= 11 is 0. The van der Waals surface area contributed by atoms with E-state index in [9.17, 15) is 26.7 Å². The van der Waals surface area contributed by atoms with Crippen LogP contribution in [0.3, 0.4) is 0 Å². The van der Waals surface area contributed by atoms with Crippen LogP contribution in [-0.2, 0) is 6.18 Å². The fraction of sp³-hybridized carbons (Fsp3) is 0.0714. The minimum Gasteiger partial charge on any atom is -0.298 e. The first-order valence-corrected chi connectivity index (χ1v) is 5.45. The summed E-state index contributed by atoms with van der Waals surface area (Å²) in [7, 11) is 0. The van der Waals surface area contributed by atoms with Crippen molar-refractivity contribution in [2.24, 2.45) is 0 Å². The van der Waals surface area contributed by atoms with Gasteiger partial charge in [-0.1, -0.05) is 12.1 Å². The van der Waals surface area contributed by atoms with Crippen LogP contribution < -0.4 is 0 Å². The van der Waals surface area contributed by atoms with Crippen LogP contribution in [0, 0.1) is 11.6 Å². The SMILES string of the molecule is O=Cc1c(F)cc(-c2ccc(C(F)(F)F)cc2)cc1F. The summed E-state index contributed by atoms with van der Waals surface area (Å²) in [6.07, 6.45) is -4.43. The van der Waals surface area contributed by atoms with Crippen LogP contribution in [0.15, 0.2) is 36.4 Å². The van der Waals surface area contributed by atoms with E-state index in [1.807, 2.05) is 0 Å². The molecule has 0 spiro atoms. The van der Waals surface area contributed by atoms with Gasteiger partial charge >= 0.3 is 6.18 Å². The lowest BCUT2D eigenvalue weighted by Crippen LogP contribution is -2.04. The zero-order valence-electron chi connectivity index (χ0n) is 9.84. The summed E-state index contributed by atoms with van der Waals surface area (Å²) in [5.41, 5.74) is -1.29. The van der Waals surface area contributed by atoms with Crippen LogP contribution in [0.4, 0.5) is 22.0 Å². The van der Waals surface area contributed by atoms with Crippen molar-refractivity contribution in [2.45, 2.75) is 6.18 Å². The summed E-state index contributed by atoms with van der Waals surface area (Å²) in [6.45, 7) is 0. The Labute approximate surface area is 110 Å². The van der Waals surface area contributed by atoms with Gasteiger partial charge in [0.25, 0.3) is 0 Å². The van der Waals surface area contributed by atoms with Crippen molar-refractivity contribution in [1.82, 2.24) is 0 Å². The quantitative estimate of drug-likeness (QED) is 0.588. The van der Waals surface area contributed by atoms with Crippen LogP contribution in [0.5, 0.6) is 0 Å². The highest BCUT2D eigenvalue weighted by atomic mass is 19.4. The van der Waals surface area contributed by atoms with Crippen LogP contribution in [0.1, 0.15) is 15.9 Å². The molecule has 0 radical (unpaired) electrons. The molecule has 2 aromatic rings. The lowest BCUT2D eigenvalue weighted by atomic mass is 10.0. The van der Waals surface area contributed by atoms with E-state index in [4.69, 9.17) is 0 Å². The number of carbonyl (C=O) groups is 1. The Balaban J connectivity index is 2.45. The predicted molar refractivity (Wildman–Crippen MR) is 62.2 cm³/mol. The normalized spacial score (nSPS) is 11.4. The number of alkyl halides is 3. The highest BCUT2D eigenvalue weighted by Gasteiger charge is 2.30. The van der Waals surface area contributed by atoms with Crippen molar-refractivity contribution >= 4 is 6.29 Å². The van der Waals surface area contributed by atoms with Gasteiger partial charge < -0.3 is 0 Å². The molecule has 20 heavy (non-hydrogen) atoms. The molecule has 0 unspecified atom stereocenters. The molecule has 6 heteroatoms. The van der Waals surface area contributed by atoms with Gasteiger partial charge in [0.15, 0.2) is 6.29 Å². The fourth-order valence-electron chi connectivity index (χ4n) is 1.72. The molecular weight excluding hydrogens is 279 g/mol. The van der Waals surface area contributed by atoms with Gasteiger partial charge in [-0.05, 0) is 35.4 Å². The third-order valence-corrected chi connectivity index (χ3v) is 2.74. The molecule has 0 aromatic heterocycles. The molecule has 104 valence electrons. The number of aldehydes is 1. The lowest BCUT2D eigenvalue weighted by molar-refractivity contribution is -0.137. The Bertz CT molecular complexity index is 621. The molecule has 0 aliphatic carbocycles. The first kappa shape index (κ1) is 14.2. The number of halogens is 5. The smallest absolute Gasteiger partial charge is 0.298 e. The summed E-state index contributed by atoms with van der Waals surface area (Å²) in [5.74, 6) is -2.12. The molecule has 0 atom stereocenters. The molecule has 0 fully saturated rings. The van der Waals surface area contributed by atoms with E-state index in [-0.39, 0.29) is 17.4 Å². The fourth-order valence-corrected chi connectivity index (χ4v) is 1.72. The highest BCUT2D eigenvalue weighted by Crippen LogP contribution is 2.31. The van der Waals surface area contributed by atoms with Crippen molar-refractivity contribution in [3.05, 3.63) is 59.2 Å². The van der Waals surface area contributed by atoms with E-state index in [0.29, 0.717) is 0 Å². The second kappa shape index (κ2) is 5.03. The second-order valence-electron chi connectivity index (χ2n) is 4.05. The van der Waals surface area contributed by atoms with Crippen molar-refractivity contribution in [3.63, 3.8) is 0 Å². The van der Waals surface area contributed by atoms with Gasteiger partial charge in [0.05, 0.1) is 11.1 Å². The average Bonchev–Trinajstić information content (AvgIpc) is 2.37. The third-order valence-electron chi connectivity index (χ3n) is 2.74. The van der Waals surface area contributed by atoms with E-state index in [1.165, 1.54) is 0 Å². The number of carbonyl (C=O) groups excluding carboxylic acids is 1. The van der Waals surface area contributed by atoms with E-state index in [1.54, 1.807) is 0 Å². The first-order valence-electron chi connectivity index (χ1n) is 5.45. The zero-order valence-corrected chi connectivity index (χ0v) is 9.84. The average molecular weight is 286 g/mol.